The Balaban J connectivity index is 2.42. The van der Waals surface area contributed by atoms with Gasteiger partial charge in [0.15, 0.2) is 0 Å². The molecule has 1 rings (SSSR count). The maximum absolute atomic E-state index is 13.3. The molecule has 17 heavy (non-hydrogen) atoms. The molecular weight excluding hydrogens is 243 g/mol. The van der Waals surface area contributed by atoms with Crippen molar-refractivity contribution in [1.29, 1.82) is 0 Å². The van der Waals surface area contributed by atoms with E-state index in [0.29, 0.717) is 30.2 Å². The highest BCUT2D eigenvalue weighted by Crippen LogP contribution is 2.15. The van der Waals surface area contributed by atoms with E-state index < -0.39 is 5.82 Å². The van der Waals surface area contributed by atoms with Crippen LogP contribution in [0, 0.1) is 5.82 Å². The van der Waals surface area contributed by atoms with Gasteiger partial charge in [0.2, 0.25) is 0 Å². The molecule has 1 aromatic rings. The van der Waals surface area contributed by atoms with Gasteiger partial charge in [-0.1, -0.05) is 18.5 Å². The fourth-order valence-electron chi connectivity index (χ4n) is 1.41. The molecule has 0 saturated heterocycles. The van der Waals surface area contributed by atoms with Crippen molar-refractivity contribution in [3.63, 3.8) is 0 Å². The monoisotopic (exact) mass is 258 g/mol. The standard InChI is InChI=1S/C13H16ClFO2/c1-2-6-17-7-5-12(16)9-10-8-11(14)3-4-13(10)15/h3-4,8H,2,5-7,9H2,1H3. The molecule has 0 radical (unpaired) electrons. The van der Waals surface area contributed by atoms with Crippen molar-refractivity contribution in [3.05, 3.63) is 34.6 Å². The molecule has 0 bridgehead atoms. The van der Waals surface area contributed by atoms with E-state index in [1.807, 2.05) is 6.92 Å². The van der Waals surface area contributed by atoms with Crippen LogP contribution >= 0.6 is 11.6 Å². The van der Waals surface area contributed by atoms with Crippen molar-refractivity contribution in [3.8, 4) is 0 Å². The predicted molar refractivity (Wildman–Crippen MR) is 65.8 cm³/mol. The summed E-state index contributed by atoms with van der Waals surface area (Å²) < 4.78 is 18.5. The first-order chi connectivity index (χ1) is 8.13. The van der Waals surface area contributed by atoms with Gasteiger partial charge in [0.25, 0.3) is 0 Å². The van der Waals surface area contributed by atoms with Gasteiger partial charge in [-0.25, -0.2) is 4.39 Å². The summed E-state index contributed by atoms with van der Waals surface area (Å²) in [6.07, 6.45) is 1.31. The zero-order valence-corrected chi connectivity index (χ0v) is 10.6. The molecule has 0 saturated carbocycles. The second kappa shape index (κ2) is 7.41. The van der Waals surface area contributed by atoms with E-state index in [1.54, 1.807) is 0 Å². The molecule has 2 nitrogen and oxygen atoms in total. The lowest BCUT2D eigenvalue weighted by Crippen LogP contribution is -2.08. The third kappa shape index (κ3) is 5.29. The quantitative estimate of drug-likeness (QED) is 0.701. The summed E-state index contributed by atoms with van der Waals surface area (Å²) >= 11 is 5.74. The highest BCUT2D eigenvalue weighted by atomic mass is 35.5. The Morgan fingerprint density at radius 3 is 2.88 bits per heavy atom. The maximum Gasteiger partial charge on any atom is 0.139 e. The van der Waals surface area contributed by atoms with Crippen LogP contribution in [0.4, 0.5) is 4.39 Å². The Bertz CT molecular complexity index is 380. The summed E-state index contributed by atoms with van der Waals surface area (Å²) in [6, 6.07) is 4.23. The lowest BCUT2D eigenvalue weighted by molar-refractivity contribution is -0.119. The number of ketones is 1. The molecule has 0 N–H and O–H groups in total. The molecule has 0 heterocycles. The Labute approximate surface area is 106 Å². The zero-order chi connectivity index (χ0) is 12.7. The molecule has 0 aliphatic rings. The van der Waals surface area contributed by atoms with Gasteiger partial charge in [-0.2, -0.15) is 0 Å². The molecule has 0 aromatic heterocycles. The van der Waals surface area contributed by atoms with Crippen molar-refractivity contribution in [2.45, 2.75) is 26.2 Å². The fraction of sp³-hybridized carbons (Fsp3) is 0.462. The summed E-state index contributed by atoms with van der Waals surface area (Å²) in [4.78, 5) is 11.5. The molecule has 0 amide bonds. The van der Waals surface area contributed by atoms with Crippen molar-refractivity contribution in [1.82, 2.24) is 0 Å². The normalized spacial score (nSPS) is 10.5. The van der Waals surface area contributed by atoms with Gasteiger partial charge in [0.1, 0.15) is 11.6 Å². The lowest BCUT2D eigenvalue weighted by atomic mass is 10.1. The molecule has 0 unspecified atom stereocenters. The van der Waals surface area contributed by atoms with Gasteiger partial charge >= 0.3 is 0 Å². The smallest absolute Gasteiger partial charge is 0.139 e. The number of hydrogen-bond donors (Lipinski definition) is 0. The van der Waals surface area contributed by atoms with Crippen LogP contribution in [0.15, 0.2) is 18.2 Å². The van der Waals surface area contributed by atoms with Crippen LogP contribution in [0.1, 0.15) is 25.3 Å². The molecule has 0 atom stereocenters. The molecule has 94 valence electrons. The Morgan fingerprint density at radius 1 is 1.41 bits per heavy atom. The SMILES string of the molecule is CCCOCCC(=O)Cc1cc(Cl)ccc1F. The van der Waals surface area contributed by atoms with Gasteiger partial charge in [0.05, 0.1) is 6.61 Å². The third-order valence-electron chi connectivity index (χ3n) is 2.27. The number of carbonyl (C=O) groups excluding carboxylic acids is 1. The van der Waals surface area contributed by atoms with Crippen LogP contribution in [0.25, 0.3) is 0 Å². The van der Waals surface area contributed by atoms with Crippen LogP contribution < -0.4 is 0 Å². The molecule has 0 aliphatic heterocycles. The van der Waals surface area contributed by atoms with Gasteiger partial charge in [-0.05, 0) is 30.2 Å². The summed E-state index contributed by atoms with van der Waals surface area (Å²) in [5.41, 5.74) is 0.345. The molecular formula is C13H16ClFO2. The second-order valence-corrected chi connectivity index (χ2v) is 4.25. The molecule has 4 heteroatoms. The Hall–Kier alpha value is -0.930. The molecule has 0 aliphatic carbocycles. The fourth-order valence-corrected chi connectivity index (χ4v) is 1.61. The van der Waals surface area contributed by atoms with Crippen LogP contribution in [0.3, 0.4) is 0 Å². The minimum Gasteiger partial charge on any atom is -0.381 e. The average Bonchev–Trinajstić information content (AvgIpc) is 2.29. The summed E-state index contributed by atoms with van der Waals surface area (Å²) in [6.45, 7) is 3.05. The number of rotatable bonds is 7. The minimum absolute atomic E-state index is 0.0396. The largest absolute Gasteiger partial charge is 0.381 e. The van der Waals surface area contributed by atoms with E-state index in [4.69, 9.17) is 16.3 Å². The first kappa shape index (κ1) is 14.1. The zero-order valence-electron chi connectivity index (χ0n) is 9.84. The van der Waals surface area contributed by atoms with Gasteiger partial charge in [0, 0.05) is 24.5 Å². The summed E-state index contributed by atoms with van der Waals surface area (Å²) in [7, 11) is 0. The molecule has 0 fully saturated rings. The number of hydrogen-bond acceptors (Lipinski definition) is 2. The topological polar surface area (TPSA) is 26.3 Å². The molecule has 1 aromatic carbocycles. The number of benzene rings is 1. The maximum atomic E-state index is 13.3. The van der Waals surface area contributed by atoms with E-state index in [1.165, 1.54) is 18.2 Å². The number of Topliss-reactive ketones (excluding diaryl/α,β-unsaturated/α-hetero) is 1. The van der Waals surface area contributed by atoms with Crippen molar-refractivity contribution in [2.75, 3.05) is 13.2 Å². The first-order valence-corrected chi connectivity index (χ1v) is 6.04. The highest BCUT2D eigenvalue weighted by molar-refractivity contribution is 6.30. The summed E-state index contributed by atoms with van der Waals surface area (Å²) in [5.74, 6) is -0.431. The Kier molecular flexibility index (Phi) is 6.16. The third-order valence-corrected chi connectivity index (χ3v) is 2.50. The summed E-state index contributed by atoms with van der Waals surface area (Å²) in [5, 5.41) is 0.441. The van der Waals surface area contributed by atoms with E-state index in [-0.39, 0.29) is 12.2 Å². The number of halogens is 2. The van der Waals surface area contributed by atoms with Crippen LogP contribution in [0.5, 0.6) is 0 Å². The van der Waals surface area contributed by atoms with Crippen molar-refractivity contribution >= 4 is 17.4 Å². The van der Waals surface area contributed by atoms with E-state index in [0.717, 1.165) is 6.42 Å². The average molecular weight is 259 g/mol. The van der Waals surface area contributed by atoms with E-state index in [9.17, 15) is 9.18 Å². The number of carbonyl (C=O) groups is 1. The van der Waals surface area contributed by atoms with Gasteiger partial charge < -0.3 is 4.74 Å². The Morgan fingerprint density at radius 2 is 2.18 bits per heavy atom. The van der Waals surface area contributed by atoms with E-state index in [2.05, 4.69) is 0 Å². The predicted octanol–water partition coefficient (Wildman–Crippen LogP) is 3.41. The highest BCUT2D eigenvalue weighted by Gasteiger charge is 2.08. The minimum atomic E-state index is -0.391. The number of ether oxygens (including phenoxy) is 1. The lowest BCUT2D eigenvalue weighted by Gasteiger charge is -2.04. The van der Waals surface area contributed by atoms with Crippen molar-refractivity contribution in [2.24, 2.45) is 0 Å². The second-order valence-electron chi connectivity index (χ2n) is 3.81. The first-order valence-electron chi connectivity index (χ1n) is 5.67. The van der Waals surface area contributed by atoms with Crippen LogP contribution in [-0.2, 0) is 16.0 Å². The van der Waals surface area contributed by atoms with Crippen LogP contribution in [0.2, 0.25) is 5.02 Å². The van der Waals surface area contributed by atoms with Gasteiger partial charge in [-0.3, -0.25) is 4.79 Å². The molecule has 0 spiro atoms. The van der Waals surface area contributed by atoms with Gasteiger partial charge in [-0.15, -0.1) is 0 Å². The van der Waals surface area contributed by atoms with E-state index >= 15 is 0 Å². The van der Waals surface area contributed by atoms with Crippen LogP contribution in [-0.4, -0.2) is 19.0 Å². The van der Waals surface area contributed by atoms with Crippen molar-refractivity contribution < 1.29 is 13.9 Å².